The zero-order chi connectivity index (χ0) is 18.1. The molecule has 2 N–H and O–H groups in total. The van der Waals surface area contributed by atoms with Crippen LogP contribution in [0.5, 0.6) is 11.5 Å². The molecular weight excluding hydrogens is 332 g/mol. The summed E-state index contributed by atoms with van der Waals surface area (Å²) in [6.07, 6.45) is 5.19. The number of aliphatic hydroxyl groups is 1. The minimum Gasteiger partial charge on any atom is -0.456 e. The smallest absolute Gasteiger partial charge is 0.277 e. The predicted octanol–water partition coefficient (Wildman–Crippen LogP) is 2.62. The van der Waals surface area contributed by atoms with Crippen LogP contribution in [0, 0.1) is 0 Å². The molecule has 26 heavy (non-hydrogen) atoms. The summed E-state index contributed by atoms with van der Waals surface area (Å²) in [6.45, 7) is -0.286. The van der Waals surface area contributed by atoms with Crippen molar-refractivity contribution in [3.63, 3.8) is 0 Å². The zero-order valence-electron chi connectivity index (χ0n) is 13.8. The molecule has 0 aromatic heterocycles. The monoisotopic (exact) mass is 348 g/mol. The van der Waals surface area contributed by atoms with Gasteiger partial charge >= 0.3 is 0 Å². The van der Waals surface area contributed by atoms with Crippen molar-refractivity contribution in [2.24, 2.45) is 0 Å². The molecule has 0 radical (unpaired) electrons. The van der Waals surface area contributed by atoms with Crippen LogP contribution in [-0.4, -0.2) is 35.0 Å². The van der Waals surface area contributed by atoms with Crippen LogP contribution in [0.3, 0.4) is 0 Å². The van der Waals surface area contributed by atoms with Crippen molar-refractivity contribution in [2.75, 3.05) is 18.5 Å². The quantitative estimate of drug-likeness (QED) is 0.709. The first-order chi connectivity index (χ1) is 12.7. The number of imide groups is 1. The number of hydrogen-bond donors (Lipinski definition) is 2. The number of nitrogens with zero attached hydrogens (tertiary/aromatic N) is 1. The van der Waals surface area contributed by atoms with Crippen LogP contribution in [-0.2, 0) is 9.59 Å². The first-order valence-electron chi connectivity index (χ1n) is 8.20. The lowest BCUT2D eigenvalue weighted by atomic mass is 10.1. The fraction of sp³-hybridized carbons (Fsp3) is 0.100. The summed E-state index contributed by atoms with van der Waals surface area (Å²) in [5.74, 6) is 0.514. The van der Waals surface area contributed by atoms with E-state index in [1.807, 2.05) is 48.6 Å². The van der Waals surface area contributed by atoms with Gasteiger partial charge < -0.3 is 15.2 Å². The van der Waals surface area contributed by atoms with Crippen molar-refractivity contribution in [1.82, 2.24) is 4.90 Å². The number of para-hydroxylation sites is 1. The summed E-state index contributed by atoms with van der Waals surface area (Å²) in [4.78, 5) is 25.1. The number of carbonyl (C=O) groups is 2. The lowest BCUT2D eigenvalue weighted by molar-refractivity contribution is -0.137. The second-order valence-electron chi connectivity index (χ2n) is 5.93. The van der Waals surface area contributed by atoms with E-state index in [-0.39, 0.29) is 18.8 Å². The van der Waals surface area contributed by atoms with E-state index in [1.54, 1.807) is 6.07 Å². The van der Waals surface area contributed by atoms with Gasteiger partial charge in [0.05, 0.1) is 13.2 Å². The Morgan fingerprint density at radius 2 is 1.77 bits per heavy atom. The molecule has 130 valence electrons. The van der Waals surface area contributed by atoms with Crippen LogP contribution in [0.4, 0.5) is 5.69 Å². The summed E-state index contributed by atoms with van der Waals surface area (Å²) >= 11 is 0. The van der Waals surface area contributed by atoms with E-state index in [4.69, 9.17) is 9.84 Å². The Balaban J connectivity index is 1.59. The molecule has 0 unspecified atom stereocenters. The van der Waals surface area contributed by atoms with Gasteiger partial charge in [-0.25, -0.2) is 0 Å². The first kappa shape index (κ1) is 16.1. The van der Waals surface area contributed by atoms with E-state index < -0.39 is 11.8 Å². The molecule has 0 aliphatic carbocycles. The summed E-state index contributed by atoms with van der Waals surface area (Å²) in [6, 6.07) is 13.2. The largest absolute Gasteiger partial charge is 0.456 e. The van der Waals surface area contributed by atoms with E-state index in [1.165, 1.54) is 6.08 Å². The Hall–Kier alpha value is -3.38. The molecular formula is C20H16N2O4. The number of anilines is 1. The Labute approximate surface area is 150 Å². The molecule has 0 fully saturated rings. The molecule has 0 atom stereocenters. The van der Waals surface area contributed by atoms with Gasteiger partial charge in [0.1, 0.15) is 17.2 Å². The van der Waals surface area contributed by atoms with Gasteiger partial charge in [-0.15, -0.1) is 0 Å². The van der Waals surface area contributed by atoms with Gasteiger partial charge in [-0.05, 0) is 18.2 Å². The highest BCUT2D eigenvalue weighted by atomic mass is 16.5. The van der Waals surface area contributed by atoms with E-state index in [0.717, 1.165) is 21.8 Å². The molecule has 6 heteroatoms. The van der Waals surface area contributed by atoms with Crippen LogP contribution in [0.25, 0.3) is 12.2 Å². The van der Waals surface area contributed by atoms with E-state index in [2.05, 4.69) is 5.32 Å². The second kappa shape index (κ2) is 6.50. The third-order valence-corrected chi connectivity index (χ3v) is 4.21. The summed E-state index contributed by atoms with van der Waals surface area (Å²) in [5.41, 5.74) is 2.70. The number of β-amino-alcohol motifs (C(OH)–C–C–N with tert-alkyl or cyclic N) is 1. The van der Waals surface area contributed by atoms with E-state index in [9.17, 15) is 9.59 Å². The molecule has 0 saturated carbocycles. The highest BCUT2D eigenvalue weighted by Crippen LogP contribution is 2.35. The number of ether oxygens (including phenoxy) is 1. The fourth-order valence-electron chi connectivity index (χ4n) is 2.91. The van der Waals surface area contributed by atoms with Gasteiger partial charge in [0.15, 0.2) is 0 Å². The van der Waals surface area contributed by atoms with Gasteiger partial charge in [-0.1, -0.05) is 30.4 Å². The van der Waals surface area contributed by atoms with Gasteiger partial charge in [0, 0.05) is 29.0 Å². The normalized spacial score (nSPS) is 15.1. The molecule has 2 aliphatic heterocycles. The topological polar surface area (TPSA) is 78.9 Å². The molecule has 0 saturated heterocycles. The number of rotatable bonds is 4. The van der Waals surface area contributed by atoms with Crippen molar-refractivity contribution in [3.05, 3.63) is 65.4 Å². The van der Waals surface area contributed by atoms with Crippen LogP contribution >= 0.6 is 0 Å². The fourth-order valence-corrected chi connectivity index (χ4v) is 2.91. The second-order valence-corrected chi connectivity index (χ2v) is 5.93. The maximum Gasteiger partial charge on any atom is 0.277 e. The number of fused-ring (bicyclic) bond motifs is 2. The maximum absolute atomic E-state index is 12.2. The van der Waals surface area contributed by atoms with Gasteiger partial charge in [0.25, 0.3) is 11.8 Å². The van der Waals surface area contributed by atoms with Gasteiger partial charge in [0.2, 0.25) is 0 Å². The molecule has 0 spiro atoms. The number of aliphatic hydroxyl groups excluding tert-OH is 1. The lowest BCUT2D eigenvalue weighted by Crippen LogP contribution is -2.34. The third-order valence-electron chi connectivity index (χ3n) is 4.21. The van der Waals surface area contributed by atoms with Gasteiger partial charge in [-0.2, -0.15) is 0 Å². The van der Waals surface area contributed by atoms with Crippen molar-refractivity contribution in [1.29, 1.82) is 0 Å². The van der Waals surface area contributed by atoms with Crippen LogP contribution in [0.1, 0.15) is 11.1 Å². The summed E-state index contributed by atoms with van der Waals surface area (Å²) < 4.78 is 6.00. The molecule has 2 aromatic rings. The summed E-state index contributed by atoms with van der Waals surface area (Å²) in [5, 5.41) is 11.9. The van der Waals surface area contributed by atoms with Crippen molar-refractivity contribution >= 4 is 29.7 Å². The number of carbonyl (C=O) groups excluding carboxylic acids is 2. The number of nitrogens with one attached hydrogen (secondary N) is 1. The number of amides is 2. The Kier molecular flexibility index (Phi) is 4.02. The average Bonchev–Trinajstić information content (AvgIpc) is 2.82. The minimum atomic E-state index is -0.454. The van der Waals surface area contributed by atoms with E-state index >= 15 is 0 Å². The van der Waals surface area contributed by atoms with Crippen molar-refractivity contribution in [3.8, 4) is 11.5 Å². The molecule has 6 nitrogen and oxygen atoms in total. The van der Waals surface area contributed by atoms with Gasteiger partial charge in [-0.3, -0.25) is 14.5 Å². The molecule has 2 heterocycles. The highest BCUT2D eigenvalue weighted by molar-refractivity contribution is 6.17. The molecule has 4 rings (SSSR count). The van der Waals surface area contributed by atoms with Crippen LogP contribution < -0.4 is 10.1 Å². The minimum absolute atomic E-state index is 0.0196. The standard InChI is InChI=1S/C20H16N2O4/c23-10-9-22-19(24)12-16(20(22)25)21-15-8-7-14-6-5-13-3-1-2-4-17(13)26-18(14)11-15/h1-8,11-12,21,23H,9-10H2. The molecule has 2 aromatic carbocycles. The highest BCUT2D eigenvalue weighted by Gasteiger charge is 2.30. The first-order valence-corrected chi connectivity index (χ1v) is 8.20. The zero-order valence-corrected chi connectivity index (χ0v) is 13.8. The summed E-state index contributed by atoms with van der Waals surface area (Å²) in [7, 11) is 0. The Morgan fingerprint density at radius 3 is 2.58 bits per heavy atom. The molecule has 0 bridgehead atoms. The Morgan fingerprint density at radius 1 is 1.00 bits per heavy atom. The maximum atomic E-state index is 12.2. The van der Waals surface area contributed by atoms with Crippen molar-refractivity contribution in [2.45, 2.75) is 0 Å². The lowest BCUT2D eigenvalue weighted by Gasteiger charge is -2.14. The predicted molar refractivity (Wildman–Crippen MR) is 97.4 cm³/mol. The SMILES string of the molecule is O=C1C=C(Nc2ccc3c(c2)Oc2ccccc2C=C3)C(=O)N1CCO. The van der Waals surface area contributed by atoms with Crippen LogP contribution in [0.2, 0.25) is 0 Å². The average molecular weight is 348 g/mol. The number of hydrogen-bond acceptors (Lipinski definition) is 5. The number of benzene rings is 2. The molecule has 2 amide bonds. The third kappa shape index (κ3) is 2.87. The van der Waals surface area contributed by atoms with E-state index in [0.29, 0.717) is 11.4 Å². The Bertz CT molecular complexity index is 962. The molecule has 2 aliphatic rings. The van der Waals surface area contributed by atoms with Crippen molar-refractivity contribution < 1.29 is 19.4 Å². The van der Waals surface area contributed by atoms with Crippen LogP contribution in [0.15, 0.2) is 54.2 Å².